The number of hydrogen-bond donors (Lipinski definition) is 2. The summed E-state index contributed by atoms with van der Waals surface area (Å²) in [6, 6.07) is 6.04. The highest BCUT2D eigenvalue weighted by molar-refractivity contribution is 9.10. The average molecular weight is 284 g/mol. The molecule has 1 aromatic carbocycles. The number of halogens is 1. The SMILES string of the molecule is Cc1ccc(NC(N)=NC(C)(C)C)c(Br)c1. The van der Waals surface area contributed by atoms with Crippen LogP contribution in [0.25, 0.3) is 0 Å². The summed E-state index contributed by atoms with van der Waals surface area (Å²) in [5.41, 5.74) is 7.77. The molecule has 4 heteroatoms. The van der Waals surface area contributed by atoms with E-state index in [-0.39, 0.29) is 5.54 Å². The highest BCUT2D eigenvalue weighted by Gasteiger charge is 2.08. The van der Waals surface area contributed by atoms with Crippen LogP contribution in [-0.4, -0.2) is 11.5 Å². The van der Waals surface area contributed by atoms with Crippen LogP contribution in [0.1, 0.15) is 26.3 Å². The molecule has 3 N–H and O–H groups in total. The van der Waals surface area contributed by atoms with Gasteiger partial charge in [0.05, 0.1) is 11.2 Å². The third-order valence-corrected chi connectivity index (χ3v) is 2.50. The fourth-order valence-corrected chi connectivity index (χ4v) is 1.84. The lowest BCUT2D eigenvalue weighted by Crippen LogP contribution is -2.27. The molecule has 1 rings (SSSR count). The first kappa shape index (κ1) is 13.0. The van der Waals surface area contributed by atoms with E-state index in [1.165, 1.54) is 5.56 Å². The quantitative estimate of drug-likeness (QED) is 0.614. The lowest BCUT2D eigenvalue weighted by Gasteiger charge is -2.15. The van der Waals surface area contributed by atoms with Gasteiger partial charge in [0.2, 0.25) is 0 Å². The van der Waals surface area contributed by atoms with Crippen molar-refractivity contribution >= 4 is 27.6 Å². The van der Waals surface area contributed by atoms with Crippen molar-refractivity contribution in [1.29, 1.82) is 0 Å². The number of hydrogen-bond acceptors (Lipinski definition) is 1. The fourth-order valence-electron chi connectivity index (χ4n) is 1.25. The zero-order chi connectivity index (χ0) is 12.3. The van der Waals surface area contributed by atoms with Crippen LogP contribution in [0.4, 0.5) is 5.69 Å². The Morgan fingerprint density at radius 2 is 2.00 bits per heavy atom. The smallest absolute Gasteiger partial charge is 0.193 e. The van der Waals surface area contributed by atoms with Crippen LogP contribution in [0.2, 0.25) is 0 Å². The van der Waals surface area contributed by atoms with Gasteiger partial charge in [0.25, 0.3) is 0 Å². The van der Waals surface area contributed by atoms with Crippen molar-refractivity contribution in [1.82, 2.24) is 0 Å². The number of rotatable bonds is 1. The number of benzene rings is 1. The molecule has 0 unspecified atom stereocenters. The Labute approximate surface area is 105 Å². The van der Waals surface area contributed by atoms with Gasteiger partial charge in [-0.15, -0.1) is 0 Å². The van der Waals surface area contributed by atoms with Crippen molar-refractivity contribution in [2.75, 3.05) is 5.32 Å². The molecule has 0 aliphatic heterocycles. The number of aliphatic imine (C=N–C) groups is 1. The molecule has 0 aliphatic carbocycles. The summed E-state index contributed by atoms with van der Waals surface area (Å²) in [5.74, 6) is 0.428. The summed E-state index contributed by atoms with van der Waals surface area (Å²) in [6.07, 6.45) is 0. The van der Waals surface area contributed by atoms with Crippen LogP contribution in [0, 0.1) is 6.92 Å². The second-order valence-corrected chi connectivity index (χ2v) is 5.63. The van der Waals surface area contributed by atoms with Crippen LogP contribution in [0.15, 0.2) is 27.7 Å². The van der Waals surface area contributed by atoms with Gasteiger partial charge in [0.15, 0.2) is 5.96 Å². The molecule has 0 aliphatic rings. The normalized spacial score (nSPS) is 12.7. The topological polar surface area (TPSA) is 50.4 Å². The van der Waals surface area contributed by atoms with Crippen LogP contribution < -0.4 is 11.1 Å². The molecule has 88 valence electrons. The van der Waals surface area contributed by atoms with Crippen LogP contribution >= 0.6 is 15.9 Å². The van der Waals surface area contributed by atoms with E-state index in [1.54, 1.807) is 0 Å². The van der Waals surface area contributed by atoms with E-state index < -0.39 is 0 Å². The van der Waals surface area contributed by atoms with Gasteiger partial charge < -0.3 is 11.1 Å². The highest BCUT2D eigenvalue weighted by Crippen LogP contribution is 2.23. The third kappa shape index (κ3) is 4.23. The molecular formula is C12H18BrN3. The first-order valence-electron chi connectivity index (χ1n) is 5.16. The van der Waals surface area contributed by atoms with E-state index in [2.05, 4.69) is 26.2 Å². The minimum Gasteiger partial charge on any atom is -0.370 e. The fraction of sp³-hybridized carbons (Fsp3) is 0.417. The van der Waals surface area contributed by atoms with Crippen molar-refractivity contribution < 1.29 is 0 Å². The maximum Gasteiger partial charge on any atom is 0.193 e. The summed E-state index contributed by atoms with van der Waals surface area (Å²) in [4.78, 5) is 4.33. The molecule has 0 saturated carbocycles. The Morgan fingerprint density at radius 3 is 2.50 bits per heavy atom. The molecule has 3 nitrogen and oxygen atoms in total. The van der Waals surface area contributed by atoms with Gasteiger partial charge in [-0.05, 0) is 61.3 Å². The summed E-state index contributed by atoms with van der Waals surface area (Å²) in [5, 5.41) is 3.07. The van der Waals surface area contributed by atoms with E-state index in [0.29, 0.717) is 5.96 Å². The van der Waals surface area contributed by atoms with Crippen LogP contribution in [0.5, 0.6) is 0 Å². The second-order valence-electron chi connectivity index (χ2n) is 4.78. The zero-order valence-corrected chi connectivity index (χ0v) is 11.7. The van der Waals surface area contributed by atoms with Crippen molar-refractivity contribution in [3.8, 4) is 0 Å². The Morgan fingerprint density at radius 1 is 1.38 bits per heavy atom. The zero-order valence-electron chi connectivity index (χ0n) is 10.1. The van der Waals surface area contributed by atoms with Crippen molar-refractivity contribution in [2.24, 2.45) is 10.7 Å². The van der Waals surface area contributed by atoms with Gasteiger partial charge in [-0.3, -0.25) is 0 Å². The summed E-state index contributed by atoms with van der Waals surface area (Å²) >= 11 is 3.48. The van der Waals surface area contributed by atoms with Crippen molar-refractivity contribution in [3.05, 3.63) is 28.2 Å². The summed E-state index contributed by atoms with van der Waals surface area (Å²) < 4.78 is 0.986. The van der Waals surface area contributed by atoms with Crippen molar-refractivity contribution in [3.63, 3.8) is 0 Å². The second kappa shape index (κ2) is 4.87. The molecule has 0 fully saturated rings. The summed E-state index contributed by atoms with van der Waals surface area (Å²) in [6.45, 7) is 8.06. The first-order valence-corrected chi connectivity index (χ1v) is 5.96. The Kier molecular flexibility index (Phi) is 3.97. The average Bonchev–Trinajstić information content (AvgIpc) is 2.06. The Balaban J connectivity index is 2.85. The number of nitrogens with one attached hydrogen (secondary N) is 1. The summed E-state index contributed by atoms with van der Waals surface area (Å²) in [7, 11) is 0. The molecule has 0 heterocycles. The monoisotopic (exact) mass is 283 g/mol. The van der Waals surface area contributed by atoms with Gasteiger partial charge in [0.1, 0.15) is 0 Å². The minimum atomic E-state index is -0.172. The molecule has 16 heavy (non-hydrogen) atoms. The maximum atomic E-state index is 5.82. The number of guanidine groups is 1. The first-order chi connectivity index (χ1) is 7.28. The Bertz CT molecular complexity index is 405. The Hall–Kier alpha value is -1.03. The minimum absolute atomic E-state index is 0.172. The van der Waals surface area contributed by atoms with Gasteiger partial charge in [0, 0.05) is 4.47 Å². The molecule has 0 aromatic heterocycles. The predicted molar refractivity (Wildman–Crippen MR) is 73.9 cm³/mol. The van der Waals surface area contributed by atoms with E-state index in [0.717, 1.165) is 10.2 Å². The molecule has 0 amide bonds. The van der Waals surface area contributed by atoms with Gasteiger partial charge in [-0.2, -0.15) is 0 Å². The lowest BCUT2D eigenvalue weighted by molar-refractivity contribution is 0.583. The molecule has 0 bridgehead atoms. The molecular weight excluding hydrogens is 266 g/mol. The van der Waals surface area contributed by atoms with E-state index >= 15 is 0 Å². The van der Waals surface area contributed by atoms with E-state index in [9.17, 15) is 0 Å². The van der Waals surface area contributed by atoms with Gasteiger partial charge >= 0.3 is 0 Å². The van der Waals surface area contributed by atoms with Gasteiger partial charge in [-0.25, -0.2) is 4.99 Å². The van der Waals surface area contributed by atoms with Crippen molar-refractivity contribution in [2.45, 2.75) is 33.2 Å². The maximum absolute atomic E-state index is 5.82. The standard InChI is InChI=1S/C12H18BrN3/c1-8-5-6-10(9(13)7-8)15-11(14)16-12(2,3)4/h5-7H,1-4H3,(H3,14,15,16). The number of nitrogens with two attached hydrogens (primary N) is 1. The predicted octanol–water partition coefficient (Wildman–Crippen LogP) is 3.28. The molecule has 0 radical (unpaired) electrons. The largest absolute Gasteiger partial charge is 0.370 e. The van der Waals surface area contributed by atoms with Crippen LogP contribution in [0.3, 0.4) is 0 Å². The number of aryl methyl sites for hydroxylation is 1. The van der Waals surface area contributed by atoms with E-state index in [4.69, 9.17) is 5.73 Å². The number of anilines is 1. The molecule has 0 spiro atoms. The van der Waals surface area contributed by atoms with Gasteiger partial charge in [-0.1, -0.05) is 6.07 Å². The molecule has 0 atom stereocenters. The number of nitrogens with zero attached hydrogens (tertiary/aromatic N) is 1. The molecule has 0 saturated heterocycles. The molecule has 1 aromatic rings. The third-order valence-electron chi connectivity index (χ3n) is 1.84. The lowest BCUT2D eigenvalue weighted by atomic mass is 10.1. The highest BCUT2D eigenvalue weighted by atomic mass is 79.9. The van der Waals surface area contributed by atoms with Crippen LogP contribution in [-0.2, 0) is 0 Å². The van der Waals surface area contributed by atoms with E-state index in [1.807, 2.05) is 45.9 Å².